The average Bonchev–Trinajstić information content (AvgIpc) is 2.43. The molecule has 5 heteroatoms. The lowest BCUT2D eigenvalue weighted by Crippen LogP contribution is -2.17. The number of carbonyl (C=O) groups excluding carboxylic acids is 1. The molecule has 2 aromatic rings. The Bertz CT molecular complexity index is 576. The summed E-state index contributed by atoms with van der Waals surface area (Å²) in [5.41, 5.74) is 2.55. The first-order valence-corrected chi connectivity index (χ1v) is 6.53. The van der Waals surface area contributed by atoms with E-state index in [9.17, 15) is 4.79 Å². The molecule has 0 aliphatic rings. The van der Waals surface area contributed by atoms with E-state index in [0.717, 1.165) is 17.1 Å². The Morgan fingerprint density at radius 2 is 1.65 bits per heavy atom. The van der Waals surface area contributed by atoms with Gasteiger partial charge in [0.1, 0.15) is 0 Å². The maximum absolute atomic E-state index is 11.6. The Morgan fingerprint density at radius 3 is 2.20 bits per heavy atom. The first-order chi connectivity index (χ1) is 9.54. The molecule has 0 aliphatic carbocycles. The highest BCUT2D eigenvalue weighted by molar-refractivity contribution is 5.92. The van der Waals surface area contributed by atoms with Crippen LogP contribution in [0.2, 0.25) is 0 Å². The van der Waals surface area contributed by atoms with Crippen molar-refractivity contribution < 1.29 is 4.79 Å². The average molecular weight is 270 g/mol. The number of nitrogens with one attached hydrogen (secondary N) is 2. The summed E-state index contributed by atoms with van der Waals surface area (Å²) in [6.07, 6.45) is 0. The van der Waals surface area contributed by atoms with Crippen molar-refractivity contribution in [3.63, 3.8) is 0 Å². The van der Waals surface area contributed by atoms with Crippen LogP contribution in [-0.2, 0) is 4.79 Å². The quantitative estimate of drug-likeness (QED) is 0.895. The molecule has 1 amide bonds. The third-order valence-electron chi connectivity index (χ3n) is 2.75. The highest BCUT2D eigenvalue weighted by atomic mass is 16.1. The van der Waals surface area contributed by atoms with Gasteiger partial charge >= 0.3 is 0 Å². The number of hydrogen-bond acceptors (Lipinski definition) is 4. The van der Waals surface area contributed by atoms with Gasteiger partial charge in [0.2, 0.25) is 5.91 Å². The number of benzene rings is 1. The molecule has 0 saturated heterocycles. The molecule has 1 aromatic heterocycles. The van der Waals surface area contributed by atoms with Gasteiger partial charge in [-0.2, -0.15) is 5.10 Å². The number of hydrogen-bond donors (Lipinski definition) is 2. The standard InChI is InChI=1S/C15H18N4O/c1-10(2)15(20)17-13-7-5-12(6-8-13)16-14-9-4-11(3)18-19-14/h4-10H,1-3H3,(H,16,19)(H,17,20). The van der Waals surface area contributed by atoms with Crippen LogP contribution in [-0.4, -0.2) is 16.1 Å². The molecule has 2 N–H and O–H groups in total. The van der Waals surface area contributed by atoms with Gasteiger partial charge in [0.25, 0.3) is 0 Å². The smallest absolute Gasteiger partial charge is 0.226 e. The zero-order chi connectivity index (χ0) is 14.5. The molecule has 20 heavy (non-hydrogen) atoms. The van der Waals surface area contributed by atoms with E-state index in [2.05, 4.69) is 20.8 Å². The van der Waals surface area contributed by atoms with E-state index >= 15 is 0 Å². The number of amides is 1. The number of carbonyl (C=O) groups is 1. The molecule has 0 radical (unpaired) electrons. The van der Waals surface area contributed by atoms with E-state index in [-0.39, 0.29) is 11.8 Å². The first kappa shape index (κ1) is 14.0. The Kier molecular flexibility index (Phi) is 4.30. The molecule has 0 unspecified atom stereocenters. The molecular formula is C15H18N4O. The van der Waals surface area contributed by atoms with Crippen LogP contribution < -0.4 is 10.6 Å². The minimum absolute atomic E-state index is 0.00936. The van der Waals surface area contributed by atoms with Crippen molar-refractivity contribution in [3.05, 3.63) is 42.1 Å². The predicted molar refractivity (Wildman–Crippen MR) is 80.0 cm³/mol. The van der Waals surface area contributed by atoms with E-state index in [1.165, 1.54) is 0 Å². The van der Waals surface area contributed by atoms with Crippen LogP contribution in [0.3, 0.4) is 0 Å². The Labute approximate surface area is 118 Å². The van der Waals surface area contributed by atoms with Gasteiger partial charge in [-0.25, -0.2) is 0 Å². The van der Waals surface area contributed by atoms with Gasteiger partial charge in [0, 0.05) is 17.3 Å². The lowest BCUT2D eigenvalue weighted by Gasteiger charge is -2.09. The van der Waals surface area contributed by atoms with Gasteiger partial charge in [-0.05, 0) is 43.3 Å². The number of rotatable bonds is 4. The number of anilines is 3. The SMILES string of the molecule is Cc1ccc(Nc2ccc(NC(=O)C(C)C)cc2)nn1. The summed E-state index contributed by atoms with van der Waals surface area (Å²) in [4.78, 5) is 11.6. The summed E-state index contributed by atoms with van der Waals surface area (Å²) >= 11 is 0. The summed E-state index contributed by atoms with van der Waals surface area (Å²) in [6, 6.07) is 11.2. The molecule has 5 nitrogen and oxygen atoms in total. The van der Waals surface area contributed by atoms with Crippen molar-refractivity contribution in [2.24, 2.45) is 5.92 Å². The molecule has 0 saturated carbocycles. The molecular weight excluding hydrogens is 252 g/mol. The fourth-order valence-electron chi connectivity index (χ4n) is 1.54. The van der Waals surface area contributed by atoms with E-state index in [1.807, 2.05) is 57.2 Å². The van der Waals surface area contributed by atoms with Crippen molar-refractivity contribution in [1.29, 1.82) is 0 Å². The van der Waals surface area contributed by atoms with Gasteiger partial charge in [0.05, 0.1) is 5.69 Å². The van der Waals surface area contributed by atoms with Crippen molar-refractivity contribution in [3.8, 4) is 0 Å². The predicted octanol–water partition coefficient (Wildman–Crippen LogP) is 3.12. The molecule has 0 bridgehead atoms. The van der Waals surface area contributed by atoms with E-state index in [4.69, 9.17) is 0 Å². The lowest BCUT2D eigenvalue weighted by atomic mass is 10.2. The van der Waals surface area contributed by atoms with Crippen molar-refractivity contribution in [2.75, 3.05) is 10.6 Å². The Morgan fingerprint density at radius 1 is 1.00 bits per heavy atom. The van der Waals surface area contributed by atoms with Crippen molar-refractivity contribution in [2.45, 2.75) is 20.8 Å². The number of aromatic nitrogens is 2. The maximum Gasteiger partial charge on any atom is 0.226 e. The number of nitrogens with zero attached hydrogens (tertiary/aromatic N) is 2. The second kappa shape index (κ2) is 6.14. The molecule has 0 fully saturated rings. The maximum atomic E-state index is 11.6. The fraction of sp³-hybridized carbons (Fsp3) is 0.267. The summed E-state index contributed by atoms with van der Waals surface area (Å²) in [5.74, 6) is 0.667. The highest BCUT2D eigenvalue weighted by Gasteiger charge is 2.06. The van der Waals surface area contributed by atoms with E-state index < -0.39 is 0 Å². The highest BCUT2D eigenvalue weighted by Crippen LogP contribution is 2.17. The fourth-order valence-corrected chi connectivity index (χ4v) is 1.54. The normalized spacial score (nSPS) is 10.4. The van der Waals surface area contributed by atoms with Crippen LogP contribution in [0.4, 0.5) is 17.2 Å². The molecule has 104 valence electrons. The van der Waals surface area contributed by atoms with Crippen LogP contribution in [0, 0.1) is 12.8 Å². The van der Waals surface area contributed by atoms with Crippen molar-refractivity contribution in [1.82, 2.24) is 10.2 Å². The minimum atomic E-state index is -0.0318. The first-order valence-electron chi connectivity index (χ1n) is 6.53. The topological polar surface area (TPSA) is 66.9 Å². The number of aryl methyl sites for hydroxylation is 1. The summed E-state index contributed by atoms with van der Waals surface area (Å²) in [6.45, 7) is 5.62. The zero-order valence-corrected chi connectivity index (χ0v) is 11.8. The van der Waals surface area contributed by atoms with Gasteiger partial charge in [-0.15, -0.1) is 5.10 Å². The second-order valence-corrected chi connectivity index (χ2v) is 4.91. The summed E-state index contributed by atoms with van der Waals surface area (Å²) in [5, 5.41) is 14.0. The van der Waals surface area contributed by atoms with Crippen LogP contribution in [0.5, 0.6) is 0 Å². The van der Waals surface area contributed by atoms with Gasteiger partial charge in [0.15, 0.2) is 5.82 Å². The van der Waals surface area contributed by atoms with Crippen LogP contribution in [0.25, 0.3) is 0 Å². The lowest BCUT2D eigenvalue weighted by molar-refractivity contribution is -0.118. The van der Waals surface area contributed by atoms with Crippen molar-refractivity contribution >= 4 is 23.1 Å². The molecule has 1 heterocycles. The second-order valence-electron chi connectivity index (χ2n) is 4.91. The third-order valence-corrected chi connectivity index (χ3v) is 2.75. The summed E-state index contributed by atoms with van der Waals surface area (Å²) < 4.78 is 0. The largest absolute Gasteiger partial charge is 0.339 e. The van der Waals surface area contributed by atoms with Crippen LogP contribution in [0.15, 0.2) is 36.4 Å². The van der Waals surface area contributed by atoms with Gasteiger partial charge < -0.3 is 10.6 Å². The molecule has 0 atom stereocenters. The van der Waals surface area contributed by atoms with Crippen LogP contribution >= 0.6 is 0 Å². The van der Waals surface area contributed by atoms with Gasteiger partial charge in [-0.1, -0.05) is 13.8 Å². The monoisotopic (exact) mass is 270 g/mol. The van der Waals surface area contributed by atoms with E-state index in [0.29, 0.717) is 5.82 Å². The Balaban J connectivity index is 2.01. The zero-order valence-electron chi connectivity index (χ0n) is 11.8. The minimum Gasteiger partial charge on any atom is -0.339 e. The Hall–Kier alpha value is -2.43. The molecule has 0 aliphatic heterocycles. The molecule has 1 aromatic carbocycles. The van der Waals surface area contributed by atoms with Crippen LogP contribution in [0.1, 0.15) is 19.5 Å². The molecule has 2 rings (SSSR count). The van der Waals surface area contributed by atoms with Gasteiger partial charge in [-0.3, -0.25) is 4.79 Å². The third kappa shape index (κ3) is 3.78. The van der Waals surface area contributed by atoms with E-state index in [1.54, 1.807) is 0 Å². The summed E-state index contributed by atoms with van der Waals surface area (Å²) in [7, 11) is 0. The molecule has 0 spiro atoms.